The highest BCUT2D eigenvalue weighted by molar-refractivity contribution is 7.89. The van der Waals surface area contributed by atoms with E-state index in [-0.39, 0.29) is 23.3 Å². The van der Waals surface area contributed by atoms with Gasteiger partial charge in [-0.2, -0.15) is 0 Å². The molecule has 1 aliphatic rings. The predicted molar refractivity (Wildman–Crippen MR) is 70.4 cm³/mol. The van der Waals surface area contributed by atoms with E-state index in [9.17, 15) is 13.2 Å². The van der Waals surface area contributed by atoms with Crippen molar-refractivity contribution in [2.24, 2.45) is 5.84 Å². The summed E-state index contributed by atoms with van der Waals surface area (Å²) < 4.78 is 26.4. The van der Waals surface area contributed by atoms with Gasteiger partial charge in [-0.15, -0.1) is 0 Å². The zero-order chi connectivity index (χ0) is 13.9. The fraction of sp³-hybridized carbons (Fsp3) is 0.417. The SMILES string of the molecule is NNC(=O)CCc1ccc(S(=O)(=O)NC2CC2)cc1. The Morgan fingerprint density at radius 3 is 2.42 bits per heavy atom. The molecule has 0 saturated heterocycles. The molecule has 1 aliphatic carbocycles. The summed E-state index contributed by atoms with van der Waals surface area (Å²) in [7, 11) is -3.40. The Morgan fingerprint density at radius 1 is 1.26 bits per heavy atom. The molecule has 4 N–H and O–H groups in total. The summed E-state index contributed by atoms with van der Waals surface area (Å²) in [5.41, 5.74) is 2.95. The summed E-state index contributed by atoms with van der Waals surface area (Å²) in [6.45, 7) is 0. The van der Waals surface area contributed by atoms with Crippen LogP contribution in [0.5, 0.6) is 0 Å². The lowest BCUT2D eigenvalue weighted by Crippen LogP contribution is -2.30. The quantitative estimate of drug-likeness (QED) is 0.390. The van der Waals surface area contributed by atoms with Crippen LogP contribution in [-0.2, 0) is 21.2 Å². The van der Waals surface area contributed by atoms with E-state index in [1.54, 1.807) is 24.3 Å². The lowest BCUT2D eigenvalue weighted by atomic mass is 10.1. The van der Waals surface area contributed by atoms with Gasteiger partial charge < -0.3 is 0 Å². The molecule has 0 spiro atoms. The Hall–Kier alpha value is -1.44. The Kier molecular flexibility index (Phi) is 4.18. The first-order chi connectivity index (χ1) is 9.01. The molecule has 6 nitrogen and oxygen atoms in total. The minimum atomic E-state index is -3.40. The Balaban J connectivity index is 1.99. The number of rotatable bonds is 6. The van der Waals surface area contributed by atoms with Crippen LogP contribution in [-0.4, -0.2) is 20.4 Å². The first kappa shape index (κ1) is 14.0. The van der Waals surface area contributed by atoms with Crippen LogP contribution in [0.4, 0.5) is 0 Å². The highest BCUT2D eigenvalue weighted by atomic mass is 32.2. The van der Waals surface area contributed by atoms with Gasteiger partial charge in [0.25, 0.3) is 0 Å². The summed E-state index contributed by atoms with van der Waals surface area (Å²) in [6.07, 6.45) is 2.62. The summed E-state index contributed by atoms with van der Waals surface area (Å²) in [5, 5.41) is 0. The smallest absolute Gasteiger partial charge is 0.240 e. The summed E-state index contributed by atoms with van der Waals surface area (Å²) in [4.78, 5) is 11.3. The largest absolute Gasteiger partial charge is 0.294 e. The van der Waals surface area contributed by atoms with E-state index in [1.165, 1.54) is 0 Å². The number of sulfonamides is 1. The van der Waals surface area contributed by atoms with Crippen molar-refractivity contribution in [3.8, 4) is 0 Å². The number of carbonyl (C=O) groups excluding carboxylic acids is 1. The van der Waals surface area contributed by atoms with Crippen molar-refractivity contribution in [3.05, 3.63) is 29.8 Å². The van der Waals surface area contributed by atoms with Gasteiger partial charge in [-0.1, -0.05) is 12.1 Å². The zero-order valence-electron chi connectivity index (χ0n) is 10.4. The molecule has 0 radical (unpaired) electrons. The van der Waals surface area contributed by atoms with E-state index in [1.807, 2.05) is 0 Å². The number of carbonyl (C=O) groups is 1. The molecule has 1 amide bonds. The van der Waals surface area contributed by atoms with Crippen LogP contribution in [0.1, 0.15) is 24.8 Å². The van der Waals surface area contributed by atoms with Crippen LogP contribution in [0.25, 0.3) is 0 Å². The van der Waals surface area contributed by atoms with Gasteiger partial charge in [0.2, 0.25) is 15.9 Å². The third kappa shape index (κ3) is 4.02. The Bertz CT molecular complexity index is 550. The normalized spacial score (nSPS) is 15.2. The Morgan fingerprint density at radius 2 is 1.89 bits per heavy atom. The molecule has 0 bridgehead atoms. The van der Waals surface area contributed by atoms with E-state index in [2.05, 4.69) is 10.1 Å². The maximum atomic E-state index is 11.9. The maximum absolute atomic E-state index is 11.9. The first-order valence-electron chi connectivity index (χ1n) is 6.12. The van der Waals surface area contributed by atoms with Gasteiger partial charge >= 0.3 is 0 Å². The Labute approximate surface area is 112 Å². The van der Waals surface area contributed by atoms with Gasteiger partial charge in [-0.05, 0) is 37.0 Å². The van der Waals surface area contributed by atoms with Gasteiger partial charge in [-0.25, -0.2) is 19.0 Å². The number of aryl methyl sites for hydroxylation is 1. The predicted octanol–water partition coefficient (Wildman–Crippen LogP) is 0.0498. The fourth-order valence-electron chi connectivity index (χ4n) is 1.65. The molecule has 1 aromatic carbocycles. The van der Waals surface area contributed by atoms with Crippen molar-refractivity contribution in [1.29, 1.82) is 0 Å². The van der Waals surface area contributed by atoms with Crippen molar-refractivity contribution in [1.82, 2.24) is 10.1 Å². The van der Waals surface area contributed by atoms with Gasteiger partial charge in [0.1, 0.15) is 0 Å². The second-order valence-corrected chi connectivity index (χ2v) is 6.32. The monoisotopic (exact) mass is 283 g/mol. The number of hydrogen-bond donors (Lipinski definition) is 3. The van der Waals surface area contributed by atoms with Crippen LogP contribution in [0.3, 0.4) is 0 Å². The van der Waals surface area contributed by atoms with E-state index in [0.717, 1.165) is 18.4 Å². The summed E-state index contributed by atoms with van der Waals surface area (Å²) >= 11 is 0. The minimum absolute atomic E-state index is 0.0953. The second kappa shape index (κ2) is 5.68. The topological polar surface area (TPSA) is 101 Å². The molecule has 0 heterocycles. The van der Waals surface area contributed by atoms with E-state index in [4.69, 9.17) is 5.84 Å². The molecule has 2 rings (SSSR count). The lowest BCUT2D eigenvalue weighted by Gasteiger charge is -2.06. The lowest BCUT2D eigenvalue weighted by molar-refractivity contribution is -0.121. The standard InChI is InChI=1S/C12H17N3O3S/c13-14-12(16)8-3-9-1-6-11(7-2-9)19(17,18)15-10-4-5-10/h1-2,6-7,10,15H,3-5,8,13H2,(H,14,16). The molecule has 0 aliphatic heterocycles. The molecule has 1 aromatic rings. The van der Waals surface area contributed by atoms with Crippen molar-refractivity contribution in [2.75, 3.05) is 0 Å². The molecular weight excluding hydrogens is 266 g/mol. The highest BCUT2D eigenvalue weighted by Gasteiger charge is 2.27. The van der Waals surface area contributed by atoms with Gasteiger partial charge in [0.05, 0.1) is 4.90 Å². The number of benzene rings is 1. The number of amides is 1. The van der Waals surface area contributed by atoms with Crippen LogP contribution in [0.15, 0.2) is 29.2 Å². The van der Waals surface area contributed by atoms with Crippen molar-refractivity contribution >= 4 is 15.9 Å². The number of nitrogens with one attached hydrogen (secondary N) is 2. The fourth-order valence-corrected chi connectivity index (χ4v) is 2.96. The third-order valence-electron chi connectivity index (χ3n) is 2.93. The first-order valence-corrected chi connectivity index (χ1v) is 7.60. The molecule has 1 fully saturated rings. The van der Waals surface area contributed by atoms with Crippen LogP contribution >= 0.6 is 0 Å². The van der Waals surface area contributed by atoms with E-state index < -0.39 is 10.0 Å². The van der Waals surface area contributed by atoms with Crippen molar-refractivity contribution in [2.45, 2.75) is 36.6 Å². The summed E-state index contributed by atoms with van der Waals surface area (Å²) in [6, 6.07) is 6.63. The molecule has 19 heavy (non-hydrogen) atoms. The van der Waals surface area contributed by atoms with Crippen molar-refractivity contribution < 1.29 is 13.2 Å². The molecule has 1 saturated carbocycles. The number of nitrogens with two attached hydrogens (primary N) is 1. The molecular formula is C12H17N3O3S. The average molecular weight is 283 g/mol. The molecule has 0 atom stereocenters. The second-order valence-electron chi connectivity index (χ2n) is 4.61. The number of hydrogen-bond acceptors (Lipinski definition) is 4. The third-order valence-corrected chi connectivity index (χ3v) is 4.47. The van der Waals surface area contributed by atoms with Crippen LogP contribution in [0, 0.1) is 0 Å². The summed E-state index contributed by atoms with van der Waals surface area (Å²) in [5.74, 6) is 4.74. The molecule has 0 unspecified atom stereocenters. The van der Waals surface area contributed by atoms with Gasteiger partial charge in [0, 0.05) is 12.5 Å². The maximum Gasteiger partial charge on any atom is 0.240 e. The number of hydrazine groups is 1. The van der Waals surface area contributed by atoms with Crippen LogP contribution < -0.4 is 16.0 Å². The van der Waals surface area contributed by atoms with Gasteiger partial charge in [-0.3, -0.25) is 10.2 Å². The molecule has 7 heteroatoms. The highest BCUT2D eigenvalue weighted by Crippen LogP contribution is 2.22. The van der Waals surface area contributed by atoms with Gasteiger partial charge in [0.15, 0.2) is 0 Å². The van der Waals surface area contributed by atoms with Crippen LogP contribution in [0.2, 0.25) is 0 Å². The van der Waals surface area contributed by atoms with E-state index >= 15 is 0 Å². The minimum Gasteiger partial charge on any atom is -0.294 e. The average Bonchev–Trinajstić information content (AvgIpc) is 3.19. The molecule has 104 valence electrons. The van der Waals surface area contributed by atoms with E-state index in [0.29, 0.717) is 6.42 Å². The zero-order valence-corrected chi connectivity index (χ0v) is 11.2. The molecule has 0 aromatic heterocycles. The van der Waals surface area contributed by atoms with Crippen molar-refractivity contribution in [3.63, 3.8) is 0 Å².